The van der Waals surface area contributed by atoms with Gasteiger partial charge in [0.05, 0.1) is 17.9 Å². The third-order valence-electron chi connectivity index (χ3n) is 4.36. The van der Waals surface area contributed by atoms with Crippen molar-refractivity contribution in [2.24, 2.45) is 0 Å². The molecule has 1 aliphatic rings. The highest BCUT2D eigenvalue weighted by Gasteiger charge is 2.25. The van der Waals surface area contributed by atoms with Gasteiger partial charge in [-0.25, -0.2) is 4.68 Å². The number of fused-ring (bicyclic) bond motifs is 1. The van der Waals surface area contributed by atoms with E-state index in [9.17, 15) is 9.59 Å². The van der Waals surface area contributed by atoms with Gasteiger partial charge < -0.3 is 10.2 Å². The van der Waals surface area contributed by atoms with Gasteiger partial charge in [-0.2, -0.15) is 5.10 Å². The third kappa shape index (κ3) is 3.36. The van der Waals surface area contributed by atoms with E-state index in [1.807, 2.05) is 11.4 Å². The molecule has 0 saturated carbocycles. The standard InChI is InChI=1S/C17H22N4O2S/c1-3-12(2)21-15(7-9-18-21)19-16(22)11-20-13-8-10-24-14(13)5-4-6-17(20)23/h7-10,12H,3-6,11H2,1-2H3,(H,19,22)/t12-/m1/s1. The highest BCUT2D eigenvalue weighted by Crippen LogP contribution is 2.31. The Morgan fingerprint density at radius 2 is 2.25 bits per heavy atom. The summed E-state index contributed by atoms with van der Waals surface area (Å²) in [6.45, 7) is 4.17. The molecule has 1 atom stereocenters. The number of anilines is 2. The number of thiophene rings is 1. The van der Waals surface area contributed by atoms with E-state index in [1.54, 1.807) is 33.2 Å². The largest absolute Gasteiger partial charge is 0.309 e. The molecule has 0 fully saturated rings. The molecule has 24 heavy (non-hydrogen) atoms. The lowest BCUT2D eigenvalue weighted by molar-refractivity contribution is -0.121. The van der Waals surface area contributed by atoms with Gasteiger partial charge in [0.25, 0.3) is 0 Å². The molecule has 2 aromatic heterocycles. The first kappa shape index (κ1) is 16.7. The normalized spacial score (nSPS) is 15.8. The molecule has 128 valence electrons. The second kappa shape index (κ2) is 7.17. The van der Waals surface area contributed by atoms with E-state index in [2.05, 4.69) is 24.3 Å². The van der Waals surface area contributed by atoms with Crippen LogP contribution in [0.5, 0.6) is 0 Å². The predicted octanol–water partition coefficient (Wildman–Crippen LogP) is 3.22. The number of carbonyl (C=O) groups is 2. The van der Waals surface area contributed by atoms with Crippen molar-refractivity contribution < 1.29 is 9.59 Å². The summed E-state index contributed by atoms with van der Waals surface area (Å²) < 4.78 is 1.80. The molecule has 0 aromatic carbocycles. The van der Waals surface area contributed by atoms with Crippen LogP contribution in [0.1, 0.15) is 44.0 Å². The number of amides is 2. The van der Waals surface area contributed by atoms with E-state index in [-0.39, 0.29) is 24.4 Å². The van der Waals surface area contributed by atoms with Crippen molar-refractivity contribution in [3.05, 3.63) is 28.6 Å². The number of rotatable bonds is 5. The molecule has 0 bridgehead atoms. The minimum Gasteiger partial charge on any atom is -0.309 e. The molecule has 1 aliphatic heterocycles. The van der Waals surface area contributed by atoms with Crippen LogP contribution in [0.2, 0.25) is 0 Å². The molecule has 2 amide bonds. The molecule has 7 heteroatoms. The van der Waals surface area contributed by atoms with Crippen molar-refractivity contribution in [3.8, 4) is 0 Å². The van der Waals surface area contributed by atoms with Crippen LogP contribution in [0.4, 0.5) is 11.5 Å². The number of hydrogen-bond donors (Lipinski definition) is 1. The Labute approximate surface area is 145 Å². The Balaban J connectivity index is 1.73. The number of nitrogens with one attached hydrogen (secondary N) is 1. The number of nitrogens with zero attached hydrogens (tertiary/aromatic N) is 3. The van der Waals surface area contributed by atoms with Gasteiger partial charge in [-0.15, -0.1) is 11.3 Å². The lowest BCUT2D eigenvalue weighted by Crippen LogP contribution is -2.37. The summed E-state index contributed by atoms with van der Waals surface area (Å²) >= 11 is 1.65. The fraction of sp³-hybridized carbons (Fsp3) is 0.471. The van der Waals surface area contributed by atoms with E-state index in [4.69, 9.17) is 0 Å². The molecule has 0 unspecified atom stereocenters. The van der Waals surface area contributed by atoms with Gasteiger partial charge in [-0.1, -0.05) is 6.92 Å². The van der Waals surface area contributed by atoms with Crippen molar-refractivity contribution in [2.75, 3.05) is 16.8 Å². The van der Waals surface area contributed by atoms with Crippen LogP contribution in [-0.2, 0) is 16.0 Å². The third-order valence-corrected chi connectivity index (χ3v) is 5.33. The van der Waals surface area contributed by atoms with E-state index < -0.39 is 0 Å². The quantitative estimate of drug-likeness (QED) is 0.904. The topological polar surface area (TPSA) is 67.2 Å². The van der Waals surface area contributed by atoms with E-state index >= 15 is 0 Å². The monoisotopic (exact) mass is 346 g/mol. The number of aryl methyl sites for hydroxylation is 1. The van der Waals surface area contributed by atoms with Gasteiger partial charge in [-0.3, -0.25) is 9.59 Å². The van der Waals surface area contributed by atoms with Crippen LogP contribution in [0.3, 0.4) is 0 Å². The fourth-order valence-corrected chi connectivity index (χ4v) is 3.79. The lowest BCUT2D eigenvalue weighted by atomic mass is 10.2. The van der Waals surface area contributed by atoms with Crippen molar-refractivity contribution >= 4 is 34.7 Å². The molecule has 1 N–H and O–H groups in total. The average Bonchev–Trinajstić information content (AvgIpc) is 3.18. The SMILES string of the molecule is CC[C@@H](C)n1nccc1NC(=O)CN1C(=O)CCCc2sccc21. The van der Waals surface area contributed by atoms with Crippen molar-refractivity contribution in [1.82, 2.24) is 9.78 Å². The lowest BCUT2D eigenvalue weighted by Gasteiger charge is -2.21. The maximum Gasteiger partial charge on any atom is 0.245 e. The second-order valence-electron chi connectivity index (χ2n) is 6.03. The maximum absolute atomic E-state index is 12.5. The van der Waals surface area contributed by atoms with Gasteiger partial charge in [0.2, 0.25) is 11.8 Å². The molecule has 0 aliphatic carbocycles. The molecule has 0 spiro atoms. The highest BCUT2D eigenvalue weighted by atomic mass is 32.1. The number of hydrogen-bond acceptors (Lipinski definition) is 4. The molecule has 6 nitrogen and oxygen atoms in total. The summed E-state index contributed by atoms with van der Waals surface area (Å²) in [4.78, 5) is 27.6. The summed E-state index contributed by atoms with van der Waals surface area (Å²) in [6, 6.07) is 3.92. The van der Waals surface area contributed by atoms with Crippen LogP contribution < -0.4 is 10.2 Å². The Hall–Kier alpha value is -2.15. The predicted molar refractivity (Wildman–Crippen MR) is 95.5 cm³/mol. The zero-order chi connectivity index (χ0) is 17.1. The van der Waals surface area contributed by atoms with Crippen LogP contribution in [0, 0.1) is 0 Å². The number of aromatic nitrogens is 2. The van der Waals surface area contributed by atoms with Crippen LogP contribution in [0.25, 0.3) is 0 Å². The summed E-state index contributed by atoms with van der Waals surface area (Å²) in [5.41, 5.74) is 0.882. The molecule has 2 aromatic rings. The minimum atomic E-state index is -0.201. The Morgan fingerprint density at radius 3 is 3.04 bits per heavy atom. The first-order valence-electron chi connectivity index (χ1n) is 8.30. The zero-order valence-corrected chi connectivity index (χ0v) is 14.8. The first-order chi connectivity index (χ1) is 11.6. The average molecular weight is 346 g/mol. The Bertz CT molecular complexity index is 737. The maximum atomic E-state index is 12.5. The van der Waals surface area contributed by atoms with Gasteiger partial charge >= 0.3 is 0 Å². The molecular weight excluding hydrogens is 324 g/mol. The second-order valence-corrected chi connectivity index (χ2v) is 7.03. The first-order valence-corrected chi connectivity index (χ1v) is 9.18. The zero-order valence-electron chi connectivity index (χ0n) is 14.0. The van der Waals surface area contributed by atoms with Gasteiger partial charge in [0, 0.05) is 17.4 Å². The summed E-state index contributed by atoms with van der Waals surface area (Å²) in [5, 5.41) is 9.13. The molecular formula is C17H22N4O2S. The minimum absolute atomic E-state index is 0.0118. The van der Waals surface area contributed by atoms with E-state index in [1.165, 1.54) is 4.88 Å². The Kier molecular flexibility index (Phi) is 4.99. The highest BCUT2D eigenvalue weighted by molar-refractivity contribution is 7.10. The van der Waals surface area contributed by atoms with Crippen LogP contribution >= 0.6 is 11.3 Å². The Morgan fingerprint density at radius 1 is 1.42 bits per heavy atom. The van der Waals surface area contributed by atoms with Crippen molar-refractivity contribution in [1.29, 1.82) is 0 Å². The van der Waals surface area contributed by atoms with E-state index in [0.717, 1.165) is 24.9 Å². The van der Waals surface area contributed by atoms with Crippen molar-refractivity contribution in [2.45, 2.75) is 45.6 Å². The summed E-state index contributed by atoms with van der Waals surface area (Å²) in [6.07, 6.45) is 4.83. The van der Waals surface area contributed by atoms with E-state index in [0.29, 0.717) is 12.2 Å². The fourth-order valence-electron chi connectivity index (χ4n) is 2.87. The van der Waals surface area contributed by atoms with Gasteiger partial charge in [-0.05, 0) is 37.6 Å². The molecule has 3 heterocycles. The van der Waals surface area contributed by atoms with Crippen LogP contribution in [0.15, 0.2) is 23.7 Å². The molecule has 3 rings (SSSR count). The number of carbonyl (C=O) groups excluding carboxylic acids is 2. The molecule has 0 radical (unpaired) electrons. The van der Waals surface area contributed by atoms with Gasteiger partial charge in [0.1, 0.15) is 12.4 Å². The summed E-state index contributed by atoms with van der Waals surface area (Å²) in [5.74, 6) is 0.479. The molecule has 0 saturated heterocycles. The van der Waals surface area contributed by atoms with Gasteiger partial charge in [0.15, 0.2) is 0 Å². The summed E-state index contributed by atoms with van der Waals surface area (Å²) in [7, 11) is 0. The van der Waals surface area contributed by atoms with Crippen molar-refractivity contribution in [3.63, 3.8) is 0 Å². The van der Waals surface area contributed by atoms with Crippen LogP contribution in [-0.4, -0.2) is 28.1 Å². The smallest absolute Gasteiger partial charge is 0.245 e.